The van der Waals surface area contributed by atoms with Crippen molar-refractivity contribution in [1.29, 1.82) is 0 Å². The molecule has 0 saturated carbocycles. The number of aliphatic hydroxyl groups is 1. The number of carbonyl (C=O) groups is 1. The van der Waals surface area contributed by atoms with Gasteiger partial charge in [0.15, 0.2) is 0 Å². The third kappa shape index (κ3) is 2.56. The molecule has 0 bridgehead atoms. The van der Waals surface area contributed by atoms with Crippen molar-refractivity contribution in [1.82, 2.24) is 0 Å². The summed E-state index contributed by atoms with van der Waals surface area (Å²) in [6.07, 6.45) is 4.33. The summed E-state index contributed by atoms with van der Waals surface area (Å²) < 4.78 is 5.33. The maximum absolute atomic E-state index is 11.6. The van der Waals surface area contributed by atoms with Gasteiger partial charge in [0.2, 0.25) is 0 Å². The standard InChI is InChI=1S/C15H20O3/c1-9-4-7-13(16)10(2)5-6-12-11(3)15(17)18-14(12)8-9/h8,12-14,16H,2-7H2,1H3/b9-8+. The van der Waals surface area contributed by atoms with Gasteiger partial charge in [-0.1, -0.05) is 18.7 Å². The molecule has 1 aliphatic carbocycles. The fraction of sp³-hybridized carbons (Fsp3) is 0.533. The molecular weight excluding hydrogens is 228 g/mol. The average Bonchev–Trinajstić information content (AvgIpc) is 2.58. The van der Waals surface area contributed by atoms with Gasteiger partial charge in [-0.3, -0.25) is 0 Å². The van der Waals surface area contributed by atoms with Crippen molar-refractivity contribution >= 4 is 5.97 Å². The van der Waals surface area contributed by atoms with E-state index in [2.05, 4.69) is 13.2 Å². The van der Waals surface area contributed by atoms with Crippen LogP contribution in [0.1, 0.15) is 32.6 Å². The highest BCUT2D eigenvalue weighted by atomic mass is 16.5. The number of rotatable bonds is 0. The number of ether oxygens (including phenoxy) is 1. The molecule has 0 aromatic carbocycles. The van der Waals surface area contributed by atoms with E-state index in [0.29, 0.717) is 18.4 Å². The molecule has 3 atom stereocenters. The van der Waals surface area contributed by atoms with E-state index in [0.717, 1.165) is 24.0 Å². The minimum atomic E-state index is -0.448. The van der Waals surface area contributed by atoms with Crippen molar-refractivity contribution < 1.29 is 14.6 Å². The summed E-state index contributed by atoms with van der Waals surface area (Å²) in [5, 5.41) is 9.93. The van der Waals surface area contributed by atoms with E-state index in [-0.39, 0.29) is 18.0 Å². The van der Waals surface area contributed by atoms with Gasteiger partial charge in [0, 0.05) is 11.5 Å². The van der Waals surface area contributed by atoms with Crippen LogP contribution in [0.5, 0.6) is 0 Å². The molecule has 0 amide bonds. The molecule has 1 aliphatic heterocycles. The van der Waals surface area contributed by atoms with Gasteiger partial charge in [0.1, 0.15) is 6.10 Å². The van der Waals surface area contributed by atoms with Crippen molar-refractivity contribution in [3.8, 4) is 0 Å². The van der Waals surface area contributed by atoms with E-state index in [9.17, 15) is 9.90 Å². The normalized spacial score (nSPS) is 36.7. The largest absolute Gasteiger partial charge is 0.454 e. The van der Waals surface area contributed by atoms with Crippen LogP contribution in [0, 0.1) is 5.92 Å². The molecule has 0 aromatic heterocycles. The molecule has 18 heavy (non-hydrogen) atoms. The third-order valence-electron chi connectivity index (χ3n) is 3.86. The Hall–Kier alpha value is -1.35. The van der Waals surface area contributed by atoms with Crippen molar-refractivity contribution in [2.75, 3.05) is 0 Å². The number of hydrogen-bond acceptors (Lipinski definition) is 3. The van der Waals surface area contributed by atoms with Crippen LogP contribution in [0.4, 0.5) is 0 Å². The van der Waals surface area contributed by atoms with Crippen LogP contribution in [0.15, 0.2) is 36.0 Å². The highest BCUT2D eigenvalue weighted by molar-refractivity contribution is 5.91. The van der Waals surface area contributed by atoms with Crippen molar-refractivity contribution in [3.63, 3.8) is 0 Å². The first kappa shape index (κ1) is 13.1. The molecule has 98 valence electrons. The molecule has 1 N–H and O–H groups in total. The summed E-state index contributed by atoms with van der Waals surface area (Å²) in [6, 6.07) is 0. The first-order valence-corrected chi connectivity index (χ1v) is 6.42. The highest BCUT2D eigenvalue weighted by Gasteiger charge is 2.37. The zero-order valence-electron chi connectivity index (χ0n) is 10.8. The fourth-order valence-corrected chi connectivity index (χ4v) is 2.56. The minimum Gasteiger partial charge on any atom is -0.454 e. The van der Waals surface area contributed by atoms with E-state index in [1.807, 2.05) is 13.0 Å². The molecule has 3 unspecified atom stereocenters. The Morgan fingerprint density at radius 1 is 1.33 bits per heavy atom. The van der Waals surface area contributed by atoms with E-state index in [1.54, 1.807) is 0 Å². The molecule has 0 spiro atoms. The molecule has 1 saturated heterocycles. The predicted octanol–water partition coefficient (Wildman–Crippen LogP) is 2.52. The van der Waals surface area contributed by atoms with Crippen LogP contribution in [-0.2, 0) is 9.53 Å². The van der Waals surface area contributed by atoms with Crippen LogP contribution in [0.3, 0.4) is 0 Å². The Bertz CT molecular complexity index is 419. The Morgan fingerprint density at radius 3 is 2.78 bits per heavy atom. The number of esters is 1. The lowest BCUT2D eigenvalue weighted by molar-refractivity contribution is -0.137. The lowest BCUT2D eigenvalue weighted by Crippen LogP contribution is -2.18. The molecule has 1 heterocycles. The lowest BCUT2D eigenvalue weighted by Gasteiger charge is -2.21. The Kier molecular flexibility index (Phi) is 3.71. The second kappa shape index (κ2) is 5.11. The molecule has 3 nitrogen and oxygen atoms in total. The second-order valence-corrected chi connectivity index (χ2v) is 5.27. The minimum absolute atomic E-state index is 0.0227. The van der Waals surface area contributed by atoms with Crippen LogP contribution >= 0.6 is 0 Å². The van der Waals surface area contributed by atoms with Gasteiger partial charge in [0.25, 0.3) is 0 Å². The Morgan fingerprint density at radius 2 is 2.06 bits per heavy atom. The number of carbonyl (C=O) groups excluding carboxylic acids is 1. The summed E-state index contributed by atoms with van der Waals surface area (Å²) >= 11 is 0. The number of hydrogen-bond donors (Lipinski definition) is 1. The first-order chi connectivity index (χ1) is 8.49. The number of fused-ring (bicyclic) bond motifs is 1. The van der Waals surface area contributed by atoms with Gasteiger partial charge in [-0.2, -0.15) is 0 Å². The monoisotopic (exact) mass is 248 g/mol. The fourth-order valence-electron chi connectivity index (χ4n) is 2.56. The van der Waals surface area contributed by atoms with Crippen molar-refractivity contribution in [3.05, 3.63) is 36.0 Å². The highest BCUT2D eigenvalue weighted by Crippen LogP contribution is 2.34. The Labute approximate surface area is 108 Å². The third-order valence-corrected chi connectivity index (χ3v) is 3.86. The van der Waals surface area contributed by atoms with Crippen LogP contribution in [0.2, 0.25) is 0 Å². The van der Waals surface area contributed by atoms with Gasteiger partial charge < -0.3 is 9.84 Å². The average molecular weight is 248 g/mol. The van der Waals surface area contributed by atoms with Gasteiger partial charge in [-0.15, -0.1) is 0 Å². The lowest BCUT2D eigenvalue weighted by atomic mass is 9.86. The van der Waals surface area contributed by atoms with E-state index in [1.165, 1.54) is 0 Å². The topological polar surface area (TPSA) is 46.5 Å². The van der Waals surface area contributed by atoms with Gasteiger partial charge in [-0.05, 0) is 44.3 Å². The maximum Gasteiger partial charge on any atom is 0.334 e. The van der Waals surface area contributed by atoms with Crippen molar-refractivity contribution in [2.24, 2.45) is 5.92 Å². The van der Waals surface area contributed by atoms with Gasteiger partial charge in [0.05, 0.1) is 6.10 Å². The quantitative estimate of drug-likeness (QED) is 0.407. The summed E-state index contributed by atoms with van der Waals surface area (Å²) in [7, 11) is 0. The summed E-state index contributed by atoms with van der Waals surface area (Å²) in [5.74, 6) is -0.269. The molecular formula is C15H20O3. The van der Waals surface area contributed by atoms with Crippen LogP contribution < -0.4 is 0 Å². The zero-order chi connectivity index (χ0) is 13.3. The summed E-state index contributed by atoms with van der Waals surface area (Å²) in [6.45, 7) is 9.75. The summed E-state index contributed by atoms with van der Waals surface area (Å²) in [4.78, 5) is 11.6. The Balaban J connectivity index is 2.23. The number of aliphatic hydroxyl groups excluding tert-OH is 1. The van der Waals surface area contributed by atoms with E-state index < -0.39 is 6.10 Å². The van der Waals surface area contributed by atoms with Crippen molar-refractivity contribution in [2.45, 2.75) is 44.8 Å². The molecule has 2 rings (SSSR count). The van der Waals surface area contributed by atoms with Crippen LogP contribution in [-0.4, -0.2) is 23.3 Å². The zero-order valence-corrected chi connectivity index (χ0v) is 10.8. The molecule has 0 aromatic rings. The van der Waals surface area contributed by atoms with E-state index >= 15 is 0 Å². The first-order valence-electron chi connectivity index (χ1n) is 6.42. The van der Waals surface area contributed by atoms with Crippen LogP contribution in [0.25, 0.3) is 0 Å². The molecule has 0 radical (unpaired) electrons. The second-order valence-electron chi connectivity index (χ2n) is 5.27. The predicted molar refractivity (Wildman–Crippen MR) is 69.9 cm³/mol. The number of allylic oxidation sites excluding steroid dienone is 1. The molecule has 3 heteroatoms. The van der Waals surface area contributed by atoms with Gasteiger partial charge in [-0.25, -0.2) is 4.79 Å². The van der Waals surface area contributed by atoms with Gasteiger partial charge >= 0.3 is 5.97 Å². The molecule has 1 fully saturated rings. The summed E-state index contributed by atoms with van der Waals surface area (Å²) in [5.41, 5.74) is 2.53. The SMILES string of the molecule is C=C1CCC2C(=C)C(=O)OC2/C=C(\C)CCC1O. The maximum atomic E-state index is 11.6. The van der Waals surface area contributed by atoms with E-state index in [4.69, 9.17) is 4.74 Å². The molecule has 2 aliphatic rings. The smallest absolute Gasteiger partial charge is 0.334 e.